The molecule has 1 heterocycles. The Bertz CT molecular complexity index is 574. The Kier molecular flexibility index (Phi) is 8.28. The lowest BCUT2D eigenvalue weighted by Gasteiger charge is -2.23. The Balaban J connectivity index is 0.000000626. The van der Waals surface area contributed by atoms with E-state index in [4.69, 9.17) is 19.8 Å². The maximum absolute atomic E-state index is 11.5. The molecule has 0 fully saturated rings. The number of carboxylic acids is 2. The number of pyridine rings is 1. The second kappa shape index (κ2) is 9.11. The number of aromatic nitrogens is 1. The van der Waals surface area contributed by atoms with Gasteiger partial charge in [-0.1, -0.05) is 0 Å². The molecular formula is C13H20N2O6S. The number of hydrogen-bond donors (Lipinski definition) is 2. The maximum Gasteiger partial charge on any atom is 0.414 e. The summed E-state index contributed by atoms with van der Waals surface area (Å²) in [7, 11) is -3.12. The van der Waals surface area contributed by atoms with Gasteiger partial charge in [0, 0.05) is 25.0 Å². The molecule has 0 saturated heterocycles. The van der Waals surface area contributed by atoms with Crippen molar-refractivity contribution < 1.29 is 28.2 Å². The van der Waals surface area contributed by atoms with Crippen molar-refractivity contribution >= 4 is 22.0 Å². The highest BCUT2D eigenvalue weighted by atomic mass is 32.2. The average Bonchev–Trinajstić information content (AvgIpc) is 2.38. The Morgan fingerprint density at radius 3 is 1.95 bits per heavy atom. The highest BCUT2D eigenvalue weighted by Gasteiger charge is 2.19. The molecule has 0 bridgehead atoms. The molecule has 8 nitrogen and oxygen atoms in total. The minimum atomic E-state index is -3.12. The lowest BCUT2D eigenvalue weighted by molar-refractivity contribution is -0.159. The molecule has 1 aromatic rings. The molecular weight excluding hydrogens is 312 g/mol. The Morgan fingerprint density at radius 2 is 1.64 bits per heavy atom. The molecule has 2 N–H and O–H groups in total. The zero-order chi connectivity index (χ0) is 17.3. The lowest BCUT2D eigenvalue weighted by Crippen LogP contribution is -2.37. The molecule has 0 atom stereocenters. The normalized spacial score (nSPS) is 11.0. The summed E-state index contributed by atoms with van der Waals surface area (Å²) in [6, 6.07) is 3.80. The molecule has 0 aromatic carbocycles. The predicted molar refractivity (Wildman–Crippen MR) is 79.9 cm³/mol. The molecule has 0 saturated carbocycles. The van der Waals surface area contributed by atoms with Crippen LogP contribution in [0.1, 0.15) is 19.4 Å². The van der Waals surface area contributed by atoms with E-state index in [1.54, 1.807) is 12.4 Å². The van der Waals surface area contributed by atoms with Crippen molar-refractivity contribution in [3.8, 4) is 0 Å². The second-order valence-corrected chi connectivity index (χ2v) is 6.62. The number of sulfonamides is 1. The van der Waals surface area contributed by atoms with E-state index < -0.39 is 22.0 Å². The summed E-state index contributed by atoms with van der Waals surface area (Å²) in [6.07, 6.45) is 5.40. The summed E-state index contributed by atoms with van der Waals surface area (Å²) in [5.41, 5.74) is 1.10. The van der Waals surface area contributed by atoms with Gasteiger partial charge in [-0.25, -0.2) is 18.0 Å². The molecule has 124 valence electrons. The maximum atomic E-state index is 11.5. The van der Waals surface area contributed by atoms with Gasteiger partial charge < -0.3 is 10.2 Å². The molecule has 0 unspecified atom stereocenters. The van der Waals surface area contributed by atoms with Crippen molar-refractivity contribution in [1.82, 2.24) is 9.29 Å². The Morgan fingerprint density at radius 1 is 1.18 bits per heavy atom. The van der Waals surface area contributed by atoms with Crippen molar-refractivity contribution in [2.45, 2.75) is 26.3 Å². The Labute approximate surface area is 129 Å². The third kappa shape index (κ3) is 8.32. The largest absolute Gasteiger partial charge is 0.473 e. The summed E-state index contributed by atoms with van der Waals surface area (Å²) in [4.78, 5) is 22.1. The number of aliphatic carboxylic acids is 2. The first kappa shape index (κ1) is 20.0. The fourth-order valence-corrected chi connectivity index (χ4v) is 2.78. The van der Waals surface area contributed by atoms with Gasteiger partial charge in [0.2, 0.25) is 10.0 Å². The van der Waals surface area contributed by atoms with Crippen LogP contribution in [0.2, 0.25) is 0 Å². The molecule has 0 spiro atoms. The van der Waals surface area contributed by atoms with Crippen LogP contribution in [0.5, 0.6) is 0 Å². The molecule has 22 heavy (non-hydrogen) atoms. The van der Waals surface area contributed by atoms with Gasteiger partial charge in [-0.2, -0.15) is 4.31 Å². The predicted octanol–water partition coefficient (Wildman–Crippen LogP) is 0.450. The van der Waals surface area contributed by atoms with Crippen molar-refractivity contribution in [1.29, 1.82) is 0 Å². The molecule has 0 aliphatic rings. The number of carboxylic acid groups (broad SMARTS) is 2. The van der Waals surface area contributed by atoms with Gasteiger partial charge in [0.15, 0.2) is 0 Å². The first-order valence-electron chi connectivity index (χ1n) is 6.37. The fourth-order valence-electron chi connectivity index (χ4n) is 1.60. The molecule has 1 aromatic heterocycles. The van der Waals surface area contributed by atoms with Gasteiger partial charge >= 0.3 is 11.9 Å². The molecule has 1 rings (SSSR count). The van der Waals surface area contributed by atoms with Crippen LogP contribution in [-0.4, -0.2) is 58.7 Å². The molecule has 9 heteroatoms. The van der Waals surface area contributed by atoms with E-state index in [-0.39, 0.29) is 6.04 Å². The zero-order valence-corrected chi connectivity index (χ0v) is 13.4. The van der Waals surface area contributed by atoms with Crippen LogP contribution in [-0.2, 0) is 26.0 Å². The van der Waals surface area contributed by atoms with E-state index in [0.29, 0.717) is 13.0 Å². The van der Waals surface area contributed by atoms with Crippen LogP contribution in [0.15, 0.2) is 24.5 Å². The first-order valence-corrected chi connectivity index (χ1v) is 8.22. The highest BCUT2D eigenvalue weighted by Crippen LogP contribution is 2.07. The first-order chi connectivity index (χ1) is 10.1. The molecule has 0 aliphatic heterocycles. The van der Waals surface area contributed by atoms with E-state index in [9.17, 15) is 8.42 Å². The average molecular weight is 332 g/mol. The summed E-state index contributed by atoms with van der Waals surface area (Å²) < 4.78 is 24.5. The number of nitrogens with zero attached hydrogens (tertiary/aromatic N) is 2. The number of rotatable bonds is 5. The third-order valence-electron chi connectivity index (χ3n) is 2.56. The summed E-state index contributed by atoms with van der Waals surface area (Å²) >= 11 is 0. The van der Waals surface area contributed by atoms with Crippen molar-refractivity contribution in [2.75, 3.05) is 12.8 Å². The molecule has 0 radical (unpaired) electrons. The van der Waals surface area contributed by atoms with Crippen LogP contribution in [0.4, 0.5) is 0 Å². The molecule has 0 aliphatic carbocycles. The standard InChI is InChI=1S/C11H18N2O2S.C2H2O4/c1-10(2)13(16(3,14)15)9-6-11-4-7-12-8-5-11;3-1(4)2(5)6/h4-5,7-8,10H,6,9H2,1-3H3;(H,3,4)(H,5,6). The van der Waals surface area contributed by atoms with Crippen LogP contribution in [0.3, 0.4) is 0 Å². The summed E-state index contributed by atoms with van der Waals surface area (Å²) in [6.45, 7) is 4.28. The van der Waals surface area contributed by atoms with E-state index in [1.165, 1.54) is 10.6 Å². The quantitative estimate of drug-likeness (QED) is 0.750. The smallest absolute Gasteiger partial charge is 0.414 e. The van der Waals surface area contributed by atoms with Crippen molar-refractivity contribution in [3.63, 3.8) is 0 Å². The van der Waals surface area contributed by atoms with Crippen molar-refractivity contribution in [3.05, 3.63) is 30.1 Å². The lowest BCUT2D eigenvalue weighted by atomic mass is 10.2. The van der Waals surface area contributed by atoms with Crippen LogP contribution in [0, 0.1) is 0 Å². The topological polar surface area (TPSA) is 125 Å². The monoisotopic (exact) mass is 332 g/mol. The minimum Gasteiger partial charge on any atom is -0.473 e. The number of hydrogen-bond acceptors (Lipinski definition) is 5. The van der Waals surface area contributed by atoms with E-state index in [0.717, 1.165) is 5.56 Å². The third-order valence-corrected chi connectivity index (χ3v) is 4.01. The van der Waals surface area contributed by atoms with Gasteiger partial charge in [-0.3, -0.25) is 4.98 Å². The van der Waals surface area contributed by atoms with Crippen molar-refractivity contribution in [2.24, 2.45) is 0 Å². The molecule has 0 amide bonds. The van der Waals surface area contributed by atoms with Crippen LogP contribution < -0.4 is 0 Å². The number of carbonyl (C=O) groups is 2. The summed E-state index contributed by atoms with van der Waals surface area (Å²) in [5.74, 6) is -3.65. The van der Waals surface area contributed by atoms with Gasteiger partial charge in [0.1, 0.15) is 0 Å². The fraction of sp³-hybridized carbons (Fsp3) is 0.462. The van der Waals surface area contributed by atoms with Gasteiger partial charge in [-0.05, 0) is 38.0 Å². The van der Waals surface area contributed by atoms with Gasteiger partial charge in [-0.15, -0.1) is 0 Å². The van der Waals surface area contributed by atoms with Crippen LogP contribution >= 0.6 is 0 Å². The van der Waals surface area contributed by atoms with Gasteiger partial charge in [0.05, 0.1) is 6.26 Å². The zero-order valence-electron chi connectivity index (χ0n) is 12.6. The van der Waals surface area contributed by atoms with Crippen LogP contribution in [0.25, 0.3) is 0 Å². The van der Waals surface area contributed by atoms with E-state index in [2.05, 4.69) is 4.98 Å². The second-order valence-electron chi connectivity index (χ2n) is 4.68. The van der Waals surface area contributed by atoms with E-state index >= 15 is 0 Å². The van der Waals surface area contributed by atoms with Gasteiger partial charge in [0.25, 0.3) is 0 Å². The van der Waals surface area contributed by atoms with E-state index in [1.807, 2.05) is 26.0 Å². The SMILES string of the molecule is CC(C)N(CCc1ccncc1)S(C)(=O)=O.O=C(O)C(=O)O. The Hall–Kier alpha value is -2.00. The summed E-state index contributed by atoms with van der Waals surface area (Å²) in [5, 5.41) is 14.8. The highest BCUT2D eigenvalue weighted by molar-refractivity contribution is 7.88. The minimum absolute atomic E-state index is 0.00293.